The summed E-state index contributed by atoms with van der Waals surface area (Å²) in [6.07, 6.45) is 0.534. The minimum atomic E-state index is -1.10. The number of Topliss-reactive ketones (excluding diaryl/α,β-unsaturated/α-hetero) is 1. The summed E-state index contributed by atoms with van der Waals surface area (Å²) in [5.74, 6) is 0.197. The second kappa shape index (κ2) is 4.76. The Labute approximate surface area is 93.9 Å². The fourth-order valence-electron chi connectivity index (χ4n) is 1.88. The van der Waals surface area contributed by atoms with Gasteiger partial charge >= 0.3 is 0 Å². The molecule has 0 bridgehead atoms. The molecule has 0 amide bonds. The van der Waals surface area contributed by atoms with Gasteiger partial charge in [0.2, 0.25) is 0 Å². The third-order valence-electron chi connectivity index (χ3n) is 2.50. The molecule has 1 aliphatic heterocycles. The van der Waals surface area contributed by atoms with E-state index in [1.807, 2.05) is 0 Å². The summed E-state index contributed by atoms with van der Waals surface area (Å²) in [5, 5.41) is 0. The molecule has 0 aromatic carbocycles. The van der Waals surface area contributed by atoms with Crippen molar-refractivity contribution in [3.63, 3.8) is 0 Å². The summed E-state index contributed by atoms with van der Waals surface area (Å²) in [7, 11) is -1.10. The van der Waals surface area contributed by atoms with Gasteiger partial charge in [-0.05, 0) is 18.5 Å². The third-order valence-corrected chi connectivity index (χ3v) is 3.33. The summed E-state index contributed by atoms with van der Waals surface area (Å²) < 4.78 is 11.5. The predicted octanol–water partition coefficient (Wildman–Crippen LogP) is 1.76. The van der Waals surface area contributed by atoms with Crippen LogP contribution >= 0.6 is 0 Å². The van der Waals surface area contributed by atoms with Crippen molar-refractivity contribution in [2.75, 3.05) is 6.61 Å². The zero-order chi connectivity index (χ0) is 11.6. The Morgan fingerprint density at radius 3 is 2.40 bits per heavy atom. The van der Waals surface area contributed by atoms with E-state index in [1.165, 1.54) is 0 Å². The number of carbonyl (C=O) groups excluding carboxylic acids is 1. The fourth-order valence-corrected chi connectivity index (χ4v) is 3.05. The van der Waals surface area contributed by atoms with E-state index >= 15 is 0 Å². The lowest BCUT2D eigenvalue weighted by Crippen LogP contribution is -2.42. The summed E-state index contributed by atoms with van der Waals surface area (Å²) in [5.41, 5.74) is 0.0343. The maximum atomic E-state index is 11.2. The Bertz CT molecular complexity index is 232. The standard InChI is InChI=1S/C11H22O3Si/c1-11(2,3)10(14-15(4)5)9-6-8(12)7-13-9/h9-10,15H,6-7H2,1-5H3/t9?,10-/m1/s1. The smallest absolute Gasteiger partial charge is 0.171 e. The van der Waals surface area contributed by atoms with Crippen LogP contribution in [0.5, 0.6) is 0 Å². The summed E-state index contributed by atoms with van der Waals surface area (Å²) in [4.78, 5) is 11.2. The normalized spacial score (nSPS) is 24.9. The number of hydrogen-bond acceptors (Lipinski definition) is 3. The molecule has 1 saturated heterocycles. The maximum Gasteiger partial charge on any atom is 0.171 e. The van der Waals surface area contributed by atoms with Crippen molar-refractivity contribution in [3.05, 3.63) is 0 Å². The number of ketones is 1. The van der Waals surface area contributed by atoms with Gasteiger partial charge in [0.15, 0.2) is 14.8 Å². The van der Waals surface area contributed by atoms with Crippen molar-refractivity contribution in [2.45, 2.75) is 52.5 Å². The number of rotatable bonds is 3. The van der Waals surface area contributed by atoms with E-state index in [0.717, 1.165) is 0 Å². The number of hydrogen-bond donors (Lipinski definition) is 0. The first-order valence-electron chi connectivity index (χ1n) is 5.59. The van der Waals surface area contributed by atoms with Crippen molar-refractivity contribution in [1.29, 1.82) is 0 Å². The molecule has 1 rings (SSSR count). The summed E-state index contributed by atoms with van der Waals surface area (Å²) in [6.45, 7) is 11.0. The monoisotopic (exact) mass is 230 g/mol. The van der Waals surface area contributed by atoms with Crippen LogP contribution in [-0.4, -0.2) is 33.6 Å². The van der Waals surface area contributed by atoms with Gasteiger partial charge in [0.1, 0.15) is 6.61 Å². The van der Waals surface area contributed by atoms with Gasteiger partial charge < -0.3 is 9.16 Å². The Balaban J connectivity index is 2.68. The topological polar surface area (TPSA) is 35.5 Å². The molecule has 4 heteroatoms. The molecule has 1 aliphatic rings. The molecule has 1 unspecified atom stereocenters. The van der Waals surface area contributed by atoms with E-state index in [2.05, 4.69) is 33.9 Å². The molecule has 0 N–H and O–H groups in total. The maximum absolute atomic E-state index is 11.2. The van der Waals surface area contributed by atoms with Crippen LogP contribution in [0, 0.1) is 5.41 Å². The lowest BCUT2D eigenvalue weighted by atomic mass is 9.85. The largest absolute Gasteiger partial charge is 0.414 e. The Kier molecular flexibility index (Phi) is 4.09. The van der Waals surface area contributed by atoms with Crippen molar-refractivity contribution in [3.8, 4) is 0 Å². The molecule has 0 aromatic rings. The Hall–Kier alpha value is -0.193. The summed E-state index contributed by atoms with van der Waals surface area (Å²) >= 11 is 0. The first-order valence-corrected chi connectivity index (χ1v) is 8.37. The van der Waals surface area contributed by atoms with Crippen LogP contribution in [0.1, 0.15) is 27.2 Å². The Morgan fingerprint density at radius 2 is 2.07 bits per heavy atom. The highest BCUT2D eigenvalue weighted by atomic mass is 28.3. The lowest BCUT2D eigenvalue weighted by Gasteiger charge is -2.36. The highest BCUT2D eigenvalue weighted by Crippen LogP contribution is 2.30. The Morgan fingerprint density at radius 1 is 1.47 bits per heavy atom. The minimum Gasteiger partial charge on any atom is -0.414 e. The molecule has 1 heterocycles. The molecule has 0 aromatic heterocycles. The molecule has 0 aliphatic carbocycles. The van der Waals surface area contributed by atoms with Gasteiger partial charge in [-0.2, -0.15) is 0 Å². The van der Waals surface area contributed by atoms with Crippen LogP contribution in [0.2, 0.25) is 13.1 Å². The number of ether oxygens (including phenoxy) is 1. The second-order valence-corrected chi connectivity index (χ2v) is 7.93. The van der Waals surface area contributed by atoms with Crippen molar-refractivity contribution >= 4 is 14.8 Å². The predicted molar refractivity (Wildman–Crippen MR) is 62.6 cm³/mol. The van der Waals surface area contributed by atoms with E-state index in [1.54, 1.807) is 0 Å². The molecule has 2 atom stereocenters. The van der Waals surface area contributed by atoms with Gasteiger partial charge in [-0.1, -0.05) is 20.8 Å². The molecule has 3 nitrogen and oxygen atoms in total. The van der Waals surface area contributed by atoms with Gasteiger partial charge in [-0.3, -0.25) is 4.79 Å². The van der Waals surface area contributed by atoms with E-state index in [-0.39, 0.29) is 30.0 Å². The SMILES string of the molecule is C[SiH](C)O[C@H](C1CC(=O)CO1)C(C)(C)C. The first kappa shape index (κ1) is 12.9. The van der Waals surface area contributed by atoms with Crippen LogP contribution in [0.4, 0.5) is 0 Å². The van der Waals surface area contributed by atoms with Crippen molar-refractivity contribution in [1.82, 2.24) is 0 Å². The molecular formula is C11H22O3Si. The van der Waals surface area contributed by atoms with Gasteiger partial charge in [0, 0.05) is 6.42 Å². The van der Waals surface area contributed by atoms with E-state index in [0.29, 0.717) is 6.42 Å². The van der Waals surface area contributed by atoms with Gasteiger partial charge in [0.05, 0.1) is 12.2 Å². The highest BCUT2D eigenvalue weighted by molar-refractivity contribution is 6.48. The zero-order valence-corrected chi connectivity index (χ0v) is 11.5. The molecule has 0 spiro atoms. The van der Waals surface area contributed by atoms with Crippen molar-refractivity contribution in [2.24, 2.45) is 5.41 Å². The quantitative estimate of drug-likeness (QED) is 0.693. The first-order chi connectivity index (χ1) is 6.80. The van der Waals surface area contributed by atoms with Gasteiger partial charge in [0.25, 0.3) is 0 Å². The fraction of sp³-hybridized carbons (Fsp3) is 0.909. The molecule has 1 fully saturated rings. The van der Waals surface area contributed by atoms with E-state index in [4.69, 9.17) is 9.16 Å². The average molecular weight is 230 g/mol. The molecule has 88 valence electrons. The summed E-state index contributed by atoms with van der Waals surface area (Å²) in [6, 6.07) is 0. The molecule has 0 saturated carbocycles. The van der Waals surface area contributed by atoms with Crippen LogP contribution in [0.3, 0.4) is 0 Å². The molecular weight excluding hydrogens is 208 g/mol. The van der Waals surface area contributed by atoms with Crippen LogP contribution in [0.15, 0.2) is 0 Å². The molecule has 15 heavy (non-hydrogen) atoms. The van der Waals surface area contributed by atoms with Crippen molar-refractivity contribution < 1.29 is 14.0 Å². The molecule has 0 radical (unpaired) electrons. The van der Waals surface area contributed by atoms with E-state index in [9.17, 15) is 4.79 Å². The third kappa shape index (κ3) is 3.70. The number of carbonyl (C=O) groups is 1. The lowest BCUT2D eigenvalue weighted by molar-refractivity contribution is -0.117. The van der Waals surface area contributed by atoms with E-state index < -0.39 is 9.04 Å². The van der Waals surface area contributed by atoms with Crippen LogP contribution in [0.25, 0.3) is 0 Å². The van der Waals surface area contributed by atoms with Crippen LogP contribution < -0.4 is 0 Å². The van der Waals surface area contributed by atoms with Gasteiger partial charge in [-0.15, -0.1) is 0 Å². The second-order valence-electron chi connectivity index (χ2n) is 5.56. The van der Waals surface area contributed by atoms with Crippen LogP contribution in [-0.2, 0) is 14.0 Å². The van der Waals surface area contributed by atoms with Gasteiger partial charge in [-0.25, -0.2) is 0 Å². The average Bonchev–Trinajstić information content (AvgIpc) is 2.45. The zero-order valence-electron chi connectivity index (χ0n) is 10.4. The minimum absolute atomic E-state index is 0.0343. The highest BCUT2D eigenvalue weighted by Gasteiger charge is 2.38.